The van der Waals surface area contributed by atoms with E-state index >= 15 is 0 Å². The molecule has 0 bridgehead atoms. The molecule has 1 heterocycles. The predicted molar refractivity (Wildman–Crippen MR) is 74.4 cm³/mol. The third-order valence-corrected chi connectivity index (χ3v) is 3.41. The Morgan fingerprint density at radius 2 is 1.94 bits per heavy atom. The zero-order valence-electron chi connectivity index (χ0n) is 10.4. The molecule has 0 unspecified atom stereocenters. The van der Waals surface area contributed by atoms with E-state index in [1.165, 1.54) is 31.6 Å². The highest BCUT2D eigenvalue weighted by Crippen LogP contribution is 2.19. The summed E-state index contributed by atoms with van der Waals surface area (Å²) < 4.78 is 0. The zero-order chi connectivity index (χ0) is 11.9. The molecule has 0 radical (unpaired) electrons. The number of nitrogens with zero attached hydrogens (tertiary/aromatic N) is 1. The number of hydrogen-bond donors (Lipinski definition) is 1. The van der Waals surface area contributed by atoms with Gasteiger partial charge in [-0.05, 0) is 44.0 Å². The monoisotopic (exact) mass is 230 g/mol. The zero-order valence-corrected chi connectivity index (χ0v) is 10.4. The van der Waals surface area contributed by atoms with Crippen LogP contribution in [0, 0.1) is 5.92 Å². The lowest BCUT2D eigenvalue weighted by Gasteiger charge is -2.31. The second-order valence-electron chi connectivity index (χ2n) is 4.72. The van der Waals surface area contributed by atoms with E-state index < -0.39 is 0 Å². The van der Waals surface area contributed by atoms with Crippen LogP contribution < -0.4 is 10.2 Å². The first-order valence-electron chi connectivity index (χ1n) is 6.52. The number of anilines is 1. The SMILES string of the molecule is C=CCN(CC1CCNCC1)c1ccccc1. The topological polar surface area (TPSA) is 15.3 Å². The quantitative estimate of drug-likeness (QED) is 0.782. The number of benzene rings is 1. The number of para-hydroxylation sites is 1. The summed E-state index contributed by atoms with van der Waals surface area (Å²) in [4.78, 5) is 2.43. The lowest BCUT2D eigenvalue weighted by atomic mass is 9.97. The molecule has 1 saturated heterocycles. The van der Waals surface area contributed by atoms with E-state index in [4.69, 9.17) is 0 Å². The Labute approximate surface area is 104 Å². The number of piperidine rings is 1. The Kier molecular flexibility index (Phi) is 4.63. The van der Waals surface area contributed by atoms with Crippen LogP contribution in [-0.2, 0) is 0 Å². The normalized spacial score (nSPS) is 16.7. The van der Waals surface area contributed by atoms with Gasteiger partial charge in [0, 0.05) is 18.8 Å². The fraction of sp³-hybridized carbons (Fsp3) is 0.467. The van der Waals surface area contributed by atoms with Gasteiger partial charge in [-0.1, -0.05) is 24.3 Å². The van der Waals surface area contributed by atoms with Crippen LogP contribution in [0.5, 0.6) is 0 Å². The first-order valence-corrected chi connectivity index (χ1v) is 6.52. The highest BCUT2D eigenvalue weighted by molar-refractivity contribution is 5.46. The molecule has 1 aromatic carbocycles. The van der Waals surface area contributed by atoms with Crippen molar-refractivity contribution in [1.29, 1.82) is 0 Å². The van der Waals surface area contributed by atoms with E-state index in [9.17, 15) is 0 Å². The molecule has 2 rings (SSSR count). The minimum absolute atomic E-state index is 0.816. The molecule has 1 fully saturated rings. The maximum atomic E-state index is 3.87. The van der Waals surface area contributed by atoms with Gasteiger partial charge in [0.15, 0.2) is 0 Å². The molecule has 0 spiro atoms. The molecule has 17 heavy (non-hydrogen) atoms. The maximum absolute atomic E-state index is 3.87. The van der Waals surface area contributed by atoms with Gasteiger partial charge in [-0.15, -0.1) is 6.58 Å². The molecule has 1 aromatic rings. The van der Waals surface area contributed by atoms with Gasteiger partial charge in [0.05, 0.1) is 0 Å². The standard InChI is InChI=1S/C15H22N2/c1-2-12-17(15-6-4-3-5-7-15)13-14-8-10-16-11-9-14/h2-7,14,16H,1,8-13H2. The van der Waals surface area contributed by atoms with Gasteiger partial charge in [-0.3, -0.25) is 0 Å². The first kappa shape index (κ1) is 12.2. The molecule has 0 aliphatic carbocycles. The highest BCUT2D eigenvalue weighted by atomic mass is 15.1. The van der Waals surface area contributed by atoms with Crippen molar-refractivity contribution in [1.82, 2.24) is 5.32 Å². The summed E-state index contributed by atoms with van der Waals surface area (Å²) in [5.41, 5.74) is 1.31. The van der Waals surface area contributed by atoms with Crippen LogP contribution in [-0.4, -0.2) is 26.2 Å². The van der Waals surface area contributed by atoms with Crippen molar-refractivity contribution in [3.05, 3.63) is 43.0 Å². The first-order chi connectivity index (χ1) is 8.40. The van der Waals surface area contributed by atoms with E-state index in [2.05, 4.69) is 47.1 Å². The van der Waals surface area contributed by atoms with Crippen molar-refractivity contribution in [2.45, 2.75) is 12.8 Å². The van der Waals surface area contributed by atoms with Crippen molar-refractivity contribution >= 4 is 5.69 Å². The average molecular weight is 230 g/mol. The van der Waals surface area contributed by atoms with Crippen LogP contribution in [0.2, 0.25) is 0 Å². The molecule has 1 aliphatic heterocycles. The minimum Gasteiger partial charge on any atom is -0.368 e. The average Bonchev–Trinajstić information content (AvgIpc) is 2.40. The highest BCUT2D eigenvalue weighted by Gasteiger charge is 2.16. The van der Waals surface area contributed by atoms with E-state index in [0.717, 1.165) is 19.0 Å². The van der Waals surface area contributed by atoms with Crippen LogP contribution in [0.15, 0.2) is 43.0 Å². The Morgan fingerprint density at radius 3 is 2.59 bits per heavy atom. The van der Waals surface area contributed by atoms with E-state index in [-0.39, 0.29) is 0 Å². The molecular formula is C15H22N2. The summed E-state index contributed by atoms with van der Waals surface area (Å²) in [6.45, 7) is 8.29. The van der Waals surface area contributed by atoms with Gasteiger partial charge in [0.2, 0.25) is 0 Å². The molecule has 2 nitrogen and oxygen atoms in total. The van der Waals surface area contributed by atoms with Crippen LogP contribution in [0.4, 0.5) is 5.69 Å². The summed E-state index contributed by atoms with van der Waals surface area (Å²) in [6.07, 6.45) is 4.58. The summed E-state index contributed by atoms with van der Waals surface area (Å²) in [6, 6.07) is 10.6. The fourth-order valence-corrected chi connectivity index (χ4v) is 2.46. The van der Waals surface area contributed by atoms with Gasteiger partial charge in [0.25, 0.3) is 0 Å². The Bertz CT molecular complexity index is 328. The van der Waals surface area contributed by atoms with E-state index in [1.807, 2.05) is 6.08 Å². The molecule has 0 aromatic heterocycles. The van der Waals surface area contributed by atoms with Gasteiger partial charge < -0.3 is 10.2 Å². The summed E-state index contributed by atoms with van der Waals surface area (Å²) >= 11 is 0. The molecule has 0 atom stereocenters. The fourth-order valence-electron chi connectivity index (χ4n) is 2.46. The minimum atomic E-state index is 0.816. The molecule has 0 saturated carbocycles. The number of nitrogens with one attached hydrogen (secondary N) is 1. The lowest BCUT2D eigenvalue weighted by Crippen LogP contribution is -2.36. The summed E-state index contributed by atoms with van der Waals surface area (Å²) in [7, 11) is 0. The third-order valence-electron chi connectivity index (χ3n) is 3.41. The number of hydrogen-bond acceptors (Lipinski definition) is 2. The maximum Gasteiger partial charge on any atom is 0.0369 e. The van der Waals surface area contributed by atoms with Crippen molar-refractivity contribution in [3.63, 3.8) is 0 Å². The van der Waals surface area contributed by atoms with Crippen molar-refractivity contribution in [3.8, 4) is 0 Å². The van der Waals surface area contributed by atoms with E-state index in [0.29, 0.717) is 0 Å². The summed E-state index contributed by atoms with van der Waals surface area (Å²) in [5.74, 6) is 0.816. The van der Waals surface area contributed by atoms with Gasteiger partial charge in [-0.2, -0.15) is 0 Å². The molecule has 1 aliphatic rings. The van der Waals surface area contributed by atoms with Crippen molar-refractivity contribution in [2.75, 3.05) is 31.1 Å². The number of rotatable bonds is 5. The van der Waals surface area contributed by atoms with Gasteiger partial charge >= 0.3 is 0 Å². The van der Waals surface area contributed by atoms with Crippen LogP contribution in [0.25, 0.3) is 0 Å². The lowest BCUT2D eigenvalue weighted by molar-refractivity contribution is 0.376. The second kappa shape index (κ2) is 6.45. The largest absolute Gasteiger partial charge is 0.368 e. The predicted octanol–water partition coefficient (Wildman–Crippen LogP) is 2.68. The second-order valence-corrected chi connectivity index (χ2v) is 4.72. The molecule has 92 valence electrons. The molecule has 0 amide bonds. The molecular weight excluding hydrogens is 208 g/mol. The van der Waals surface area contributed by atoms with Crippen LogP contribution in [0.1, 0.15) is 12.8 Å². The summed E-state index contributed by atoms with van der Waals surface area (Å²) in [5, 5.41) is 3.42. The van der Waals surface area contributed by atoms with Crippen molar-refractivity contribution in [2.24, 2.45) is 5.92 Å². The Hall–Kier alpha value is -1.28. The van der Waals surface area contributed by atoms with E-state index in [1.54, 1.807) is 0 Å². The Morgan fingerprint density at radius 1 is 1.24 bits per heavy atom. The third kappa shape index (κ3) is 3.60. The smallest absolute Gasteiger partial charge is 0.0369 e. The molecule has 1 N–H and O–H groups in total. The molecule has 2 heteroatoms. The van der Waals surface area contributed by atoms with Crippen LogP contribution in [0.3, 0.4) is 0 Å². The van der Waals surface area contributed by atoms with Crippen LogP contribution >= 0.6 is 0 Å². The Balaban J connectivity index is 1.99. The van der Waals surface area contributed by atoms with Crippen molar-refractivity contribution < 1.29 is 0 Å². The van der Waals surface area contributed by atoms with Gasteiger partial charge in [-0.25, -0.2) is 0 Å². The van der Waals surface area contributed by atoms with Gasteiger partial charge in [0.1, 0.15) is 0 Å².